The van der Waals surface area contributed by atoms with Gasteiger partial charge in [-0.15, -0.1) is 0 Å². The molecule has 1 aliphatic heterocycles. The van der Waals surface area contributed by atoms with Crippen LogP contribution in [0.4, 0.5) is 0 Å². The number of rotatable bonds is 1. The van der Waals surface area contributed by atoms with E-state index in [2.05, 4.69) is 0 Å². The van der Waals surface area contributed by atoms with Crippen LogP contribution in [-0.4, -0.2) is 34.1 Å². The van der Waals surface area contributed by atoms with Crippen LogP contribution >= 0.6 is 0 Å². The zero-order valence-electron chi connectivity index (χ0n) is 7.97. The third kappa shape index (κ3) is 1.10. The molecule has 0 aromatic heterocycles. The third-order valence-electron chi connectivity index (χ3n) is 2.93. The molecule has 72 valence electrons. The zero-order valence-corrected chi connectivity index (χ0v) is 7.97. The van der Waals surface area contributed by atoms with Crippen molar-refractivity contribution in [1.82, 2.24) is 4.90 Å². The fourth-order valence-electron chi connectivity index (χ4n) is 2.30. The van der Waals surface area contributed by atoms with Crippen molar-refractivity contribution in [2.75, 3.05) is 0 Å². The summed E-state index contributed by atoms with van der Waals surface area (Å²) in [4.78, 5) is 13.6. The highest BCUT2D eigenvalue weighted by molar-refractivity contribution is 5.84. The van der Waals surface area contributed by atoms with Gasteiger partial charge in [0.1, 0.15) is 0 Å². The average molecular weight is 181 g/mol. The monoisotopic (exact) mass is 181 g/mol. The number of hydrogen-bond donors (Lipinski definition) is 1. The van der Waals surface area contributed by atoms with Gasteiger partial charge in [0.25, 0.3) is 0 Å². The molecule has 0 aromatic rings. The summed E-state index contributed by atoms with van der Waals surface area (Å²) in [7, 11) is 0. The van der Waals surface area contributed by atoms with Gasteiger partial charge < -0.3 is 10.0 Å². The first kappa shape index (κ1) is 8.75. The lowest BCUT2D eigenvalue weighted by Crippen LogP contribution is -2.40. The summed E-state index contributed by atoms with van der Waals surface area (Å²) in [5.74, 6) is -0.0742. The molecule has 2 rings (SSSR count). The van der Waals surface area contributed by atoms with Crippen LogP contribution in [0.15, 0.2) is 12.2 Å². The Morgan fingerprint density at radius 3 is 2.85 bits per heavy atom. The molecule has 0 saturated carbocycles. The highest BCUT2D eigenvalue weighted by Crippen LogP contribution is 2.34. The van der Waals surface area contributed by atoms with Crippen LogP contribution in [0.1, 0.15) is 20.3 Å². The van der Waals surface area contributed by atoms with Crippen LogP contribution in [0.2, 0.25) is 0 Å². The summed E-state index contributed by atoms with van der Waals surface area (Å²) >= 11 is 0. The third-order valence-corrected chi connectivity index (χ3v) is 2.93. The molecule has 13 heavy (non-hydrogen) atoms. The molecule has 0 aromatic carbocycles. The number of carbonyl (C=O) groups excluding carboxylic acids is 1. The molecule has 0 unspecified atom stereocenters. The first-order chi connectivity index (χ1) is 6.13. The van der Waals surface area contributed by atoms with Crippen molar-refractivity contribution in [3.63, 3.8) is 0 Å². The standard InChI is InChI=1S/C10H15NO2/c1-6(2)11-8-5-3-4-7(9(8)12)10(11)13/h3,5-9,12H,4H2,1-2H3/t7-,8+,9+/m0/s1. The number of allylic oxidation sites excluding steroid dienone is 1. The SMILES string of the molecule is CC(C)N1C(=O)[C@H]2CC=C[C@@H]1[C@@H]2O. The van der Waals surface area contributed by atoms with Crippen LogP contribution in [0.3, 0.4) is 0 Å². The number of hydrogen-bond acceptors (Lipinski definition) is 2. The number of likely N-dealkylation sites (tertiary alicyclic amines) is 1. The van der Waals surface area contributed by atoms with E-state index < -0.39 is 6.10 Å². The van der Waals surface area contributed by atoms with Gasteiger partial charge in [0.15, 0.2) is 0 Å². The Balaban J connectivity index is 2.32. The number of fused-ring (bicyclic) bond motifs is 2. The summed E-state index contributed by atoms with van der Waals surface area (Å²) < 4.78 is 0. The molecule has 2 bridgehead atoms. The van der Waals surface area contributed by atoms with Gasteiger partial charge in [-0.1, -0.05) is 12.2 Å². The van der Waals surface area contributed by atoms with E-state index in [1.807, 2.05) is 26.0 Å². The molecule has 0 spiro atoms. The van der Waals surface area contributed by atoms with Crippen molar-refractivity contribution in [3.8, 4) is 0 Å². The lowest BCUT2D eigenvalue weighted by atomic mass is 9.93. The first-order valence-electron chi connectivity index (χ1n) is 4.80. The highest BCUT2D eigenvalue weighted by Gasteiger charge is 2.47. The molecule has 3 nitrogen and oxygen atoms in total. The lowest BCUT2D eigenvalue weighted by Gasteiger charge is -2.27. The van der Waals surface area contributed by atoms with Gasteiger partial charge in [0.05, 0.1) is 18.1 Å². The van der Waals surface area contributed by atoms with Gasteiger partial charge in [0, 0.05) is 6.04 Å². The van der Waals surface area contributed by atoms with Crippen LogP contribution < -0.4 is 0 Å². The van der Waals surface area contributed by atoms with Crippen molar-refractivity contribution < 1.29 is 9.90 Å². The molecule has 1 heterocycles. The largest absolute Gasteiger partial charge is 0.390 e. The number of aliphatic hydroxyl groups is 1. The molecule has 1 saturated heterocycles. The molecule has 1 amide bonds. The minimum absolute atomic E-state index is 0.0775. The molecule has 2 aliphatic rings. The Bertz CT molecular complexity index is 260. The first-order valence-corrected chi connectivity index (χ1v) is 4.80. The molecular formula is C10H15NO2. The predicted molar refractivity (Wildman–Crippen MR) is 49.0 cm³/mol. The van der Waals surface area contributed by atoms with Crippen molar-refractivity contribution in [3.05, 3.63) is 12.2 Å². The maximum absolute atomic E-state index is 11.8. The maximum atomic E-state index is 11.8. The highest BCUT2D eigenvalue weighted by atomic mass is 16.3. The van der Waals surface area contributed by atoms with E-state index in [1.165, 1.54) is 0 Å². The Morgan fingerprint density at radius 2 is 2.31 bits per heavy atom. The average Bonchev–Trinajstić information content (AvgIpc) is 2.24. The molecule has 3 heteroatoms. The maximum Gasteiger partial charge on any atom is 0.229 e. The second-order valence-electron chi connectivity index (χ2n) is 4.09. The van der Waals surface area contributed by atoms with Gasteiger partial charge in [-0.25, -0.2) is 0 Å². The normalized spacial score (nSPS) is 37.7. The Morgan fingerprint density at radius 1 is 1.62 bits per heavy atom. The lowest BCUT2D eigenvalue weighted by molar-refractivity contribution is -0.133. The number of amides is 1. The van der Waals surface area contributed by atoms with Crippen molar-refractivity contribution in [2.24, 2.45) is 5.92 Å². The molecule has 0 radical (unpaired) electrons. The van der Waals surface area contributed by atoms with E-state index in [-0.39, 0.29) is 23.9 Å². The summed E-state index contributed by atoms with van der Waals surface area (Å²) in [5, 5.41) is 9.78. The fourth-order valence-corrected chi connectivity index (χ4v) is 2.30. The minimum Gasteiger partial charge on any atom is -0.390 e. The van der Waals surface area contributed by atoms with Crippen LogP contribution in [-0.2, 0) is 4.79 Å². The predicted octanol–water partition coefficient (Wildman–Crippen LogP) is 0.543. The summed E-state index contributed by atoms with van der Waals surface area (Å²) in [6.07, 6.45) is 4.16. The molecule has 1 fully saturated rings. The van der Waals surface area contributed by atoms with E-state index in [4.69, 9.17) is 0 Å². The summed E-state index contributed by atoms with van der Waals surface area (Å²) in [6.45, 7) is 3.97. The Kier molecular flexibility index (Phi) is 1.91. The van der Waals surface area contributed by atoms with Crippen molar-refractivity contribution in [1.29, 1.82) is 0 Å². The van der Waals surface area contributed by atoms with Gasteiger partial charge in [-0.3, -0.25) is 4.79 Å². The zero-order chi connectivity index (χ0) is 9.59. The van der Waals surface area contributed by atoms with Gasteiger partial charge in [-0.2, -0.15) is 0 Å². The van der Waals surface area contributed by atoms with Crippen molar-refractivity contribution in [2.45, 2.75) is 38.5 Å². The number of carbonyl (C=O) groups is 1. The molecule has 3 atom stereocenters. The Hall–Kier alpha value is -0.830. The van der Waals surface area contributed by atoms with Crippen molar-refractivity contribution >= 4 is 5.91 Å². The second-order valence-corrected chi connectivity index (χ2v) is 4.09. The van der Waals surface area contributed by atoms with Gasteiger partial charge >= 0.3 is 0 Å². The number of nitrogens with zero attached hydrogens (tertiary/aromatic N) is 1. The topological polar surface area (TPSA) is 40.5 Å². The Labute approximate surface area is 78.0 Å². The summed E-state index contributed by atoms with van der Waals surface area (Å²) in [5.41, 5.74) is 0. The van der Waals surface area contributed by atoms with Crippen LogP contribution in [0.25, 0.3) is 0 Å². The van der Waals surface area contributed by atoms with Crippen LogP contribution in [0.5, 0.6) is 0 Å². The minimum atomic E-state index is -0.486. The quantitative estimate of drug-likeness (QED) is 0.600. The smallest absolute Gasteiger partial charge is 0.229 e. The fraction of sp³-hybridized carbons (Fsp3) is 0.700. The van der Waals surface area contributed by atoms with Crippen LogP contribution in [0, 0.1) is 5.92 Å². The molecule has 1 aliphatic carbocycles. The second kappa shape index (κ2) is 2.84. The van der Waals surface area contributed by atoms with Gasteiger partial charge in [0.2, 0.25) is 5.91 Å². The molecular weight excluding hydrogens is 166 g/mol. The van der Waals surface area contributed by atoms with E-state index in [9.17, 15) is 9.90 Å². The van der Waals surface area contributed by atoms with Gasteiger partial charge in [-0.05, 0) is 20.3 Å². The van der Waals surface area contributed by atoms with E-state index in [0.29, 0.717) is 6.42 Å². The van der Waals surface area contributed by atoms with E-state index >= 15 is 0 Å². The summed E-state index contributed by atoms with van der Waals surface area (Å²) in [6, 6.07) is 0.103. The number of aliphatic hydroxyl groups excluding tert-OH is 1. The van der Waals surface area contributed by atoms with E-state index in [1.54, 1.807) is 4.90 Å². The molecule has 1 N–H and O–H groups in total. The van der Waals surface area contributed by atoms with E-state index in [0.717, 1.165) is 0 Å².